The Morgan fingerprint density at radius 1 is 1.20 bits per heavy atom. The normalized spacial score (nSPS) is 11.9. The number of rotatable bonds is 4. The molecular weight excluding hydrogens is 247 g/mol. The Balaban J connectivity index is 0. The lowest BCUT2D eigenvalue weighted by atomic mass is 10.3. The molecule has 0 rings (SSSR count). The highest BCUT2D eigenvalue weighted by molar-refractivity contribution is 5.85. The second kappa shape index (κ2) is 6.06. The third kappa shape index (κ3) is 9.67. The first-order valence-electron chi connectivity index (χ1n) is 3.58. The van der Waals surface area contributed by atoms with E-state index in [9.17, 15) is 26.7 Å². The maximum Gasteiger partial charge on any atom is 0.397 e. The van der Waals surface area contributed by atoms with Crippen LogP contribution in [0.15, 0.2) is 0 Å². The van der Waals surface area contributed by atoms with Crippen molar-refractivity contribution in [2.24, 2.45) is 5.73 Å². The second-order valence-electron chi connectivity index (χ2n) is 2.63. The zero-order valence-electron chi connectivity index (χ0n) is 7.40. The molecule has 1 amide bonds. The van der Waals surface area contributed by atoms with Crippen LogP contribution in [0.4, 0.5) is 22.0 Å². The average Bonchev–Trinajstić information content (AvgIpc) is 1.98. The summed E-state index contributed by atoms with van der Waals surface area (Å²) in [5.41, 5.74) is 4.60. The van der Waals surface area contributed by atoms with Gasteiger partial charge in [-0.25, -0.2) is 8.78 Å². The van der Waals surface area contributed by atoms with Crippen molar-refractivity contribution in [3.8, 4) is 0 Å². The van der Waals surface area contributed by atoms with Gasteiger partial charge >= 0.3 is 6.18 Å². The summed E-state index contributed by atoms with van der Waals surface area (Å²) in [4.78, 5) is 10.4. The molecule has 0 fully saturated rings. The van der Waals surface area contributed by atoms with Gasteiger partial charge in [-0.05, 0) is 0 Å². The number of nitrogens with one attached hydrogen (secondary N) is 1. The number of halogens is 6. The van der Waals surface area contributed by atoms with Gasteiger partial charge < -0.3 is 11.1 Å². The maximum atomic E-state index is 12.3. The number of amides is 1. The van der Waals surface area contributed by atoms with Crippen molar-refractivity contribution in [2.75, 3.05) is 13.1 Å². The van der Waals surface area contributed by atoms with Crippen LogP contribution in [0.3, 0.4) is 0 Å². The minimum atomic E-state index is -4.69. The number of carbonyl (C=O) groups excluding carboxylic acids is 1. The van der Waals surface area contributed by atoms with Gasteiger partial charge in [0.25, 0.3) is 5.92 Å². The quantitative estimate of drug-likeness (QED) is 0.740. The van der Waals surface area contributed by atoms with Gasteiger partial charge in [-0.15, -0.1) is 12.4 Å². The maximum absolute atomic E-state index is 12.3. The van der Waals surface area contributed by atoms with Crippen LogP contribution < -0.4 is 11.1 Å². The van der Waals surface area contributed by atoms with E-state index in [2.05, 4.69) is 5.73 Å². The smallest absolute Gasteiger partial charge is 0.350 e. The van der Waals surface area contributed by atoms with E-state index in [0.717, 1.165) is 0 Å². The second-order valence-corrected chi connectivity index (χ2v) is 2.63. The van der Waals surface area contributed by atoms with Crippen LogP contribution in [-0.4, -0.2) is 31.1 Å². The minimum Gasteiger partial charge on any atom is -0.350 e. The van der Waals surface area contributed by atoms with E-state index in [-0.39, 0.29) is 12.4 Å². The van der Waals surface area contributed by atoms with Crippen LogP contribution in [0, 0.1) is 0 Å². The van der Waals surface area contributed by atoms with Gasteiger partial charge in [0.15, 0.2) is 0 Å². The van der Waals surface area contributed by atoms with Crippen molar-refractivity contribution in [3.63, 3.8) is 0 Å². The van der Waals surface area contributed by atoms with E-state index in [1.165, 1.54) is 5.32 Å². The summed E-state index contributed by atoms with van der Waals surface area (Å²) in [5, 5.41) is 1.44. The lowest BCUT2D eigenvalue weighted by molar-refractivity contribution is -0.154. The molecular formula is C6H10ClF5N2O. The van der Waals surface area contributed by atoms with Crippen molar-refractivity contribution in [3.05, 3.63) is 0 Å². The van der Waals surface area contributed by atoms with Crippen LogP contribution in [-0.2, 0) is 4.79 Å². The fourth-order valence-electron chi connectivity index (χ4n) is 0.545. The van der Waals surface area contributed by atoms with E-state index < -0.39 is 37.5 Å². The van der Waals surface area contributed by atoms with Gasteiger partial charge in [0.2, 0.25) is 5.91 Å². The topological polar surface area (TPSA) is 55.1 Å². The van der Waals surface area contributed by atoms with E-state index in [0.29, 0.717) is 0 Å². The molecule has 0 saturated carbocycles. The van der Waals surface area contributed by atoms with Crippen molar-refractivity contribution in [1.29, 1.82) is 0 Å². The molecule has 0 aromatic carbocycles. The van der Waals surface area contributed by atoms with Gasteiger partial charge in [0, 0.05) is 0 Å². The fraction of sp³-hybridized carbons (Fsp3) is 0.833. The van der Waals surface area contributed by atoms with E-state index in [1.807, 2.05) is 0 Å². The summed E-state index contributed by atoms with van der Waals surface area (Å²) in [5.74, 6) is -4.87. The molecule has 0 spiro atoms. The summed E-state index contributed by atoms with van der Waals surface area (Å²) in [7, 11) is 0. The van der Waals surface area contributed by atoms with Crippen molar-refractivity contribution in [2.45, 2.75) is 18.5 Å². The monoisotopic (exact) mass is 256 g/mol. The standard InChI is InChI=1S/C6H9F5N2O.ClH/c7-5(8,2-12)3-13-4(14)1-6(9,10)11;/h1-3,12H2,(H,13,14);1H. The van der Waals surface area contributed by atoms with Crippen molar-refractivity contribution >= 4 is 18.3 Å². The molecule has 0 atom stereocenters. The van der Waals surface area contributed by atoms with E-state index in [1.54, 1.807) is 0 Å². The Labute approximate surface area is 88.6 Å². The first kappa shape index (κ1) is 16.8. The van der Waals surface area contributed by atoms with Gasteiger partial charge in [-0.3, -0.25) is 4.79 Å². The molecule has 0 bridgehead atoms. The molecule has 9 heteroatoms. The van der Waals surface area contributed by atoms with Crippen LogP contribution in [0.1, 0.15) is 6.42 Å². The summed E-state index contributed by atoms with van der Waals surface area (Å²) in [6, 6.07) is 0. The zero-order chi connectivity index (χ0) is 11.4. The van der Waals surface area contributed by atoms with Gasteiger partial charge in [0.1, 0.15) is 6.42 Å². The number of alkyl halides is 5. The Bertz CT molecular complexity index is 208. The highest BCUT2D eigenvalue weighted by Crippen LogP contribution is 2.19. The van der Waals surface area contributed by atoms with Crippen LogP contribution in [0.2, 0.25) is 0 Å². The summed E-state index contributed by atoms with van der Waals surface area (Å²) in [6.07, 6.45) is -6.46. The highest BCUT2D eigenvalue weighted by Gasteiger charge is 2.33. The molecule has 0 aromatic heterocycles. The molecule has 0 aromatic rings. The first-order chi connectivity index (χ1) is 6.16. The third-order valence-electron chi connectivity index (χ3n) is 1.20. The molecule has 0 aliphatic rings. The lowest BCUT2D eigenvalue weighted by Crippen LogP contribution is -2.42. The molecule has 92 valence electrons. The summed E-state index contributed by atoms with van der Waals surface area (Å²) < 4.78 is 59.3. The van der Waals surface area contributed by atoms with Crippen molar-refractivity contribution in [1.82, 2.24) is 5.32 Å². The Morgan fingerprint density at radius 3 is 2.00 bits per heavy atom. The molecule has 0 saturated heterocycles. The van der Waals surface area contributed by atoms with Crippen LogP contribution in [0.5, 0.6) is 0 Å². The molecule has 0 heterocycles. The van der Waals surface area contributed by atoms with Gasteiger partial charge in [-0.1, -0.05) is 0 Å². The Kier molecular flexibility index (Phi) is 6.78. The lowest BCUT2D eigenvalue weighted by Gasteiger charge is -2.14. The molecule has 15 heavy (non-hydrogen) atoms. The SMILES string of the molecule is Cl.NCC(F)(F)CNC(=O)CC(F)(F)F. The largest absolute Gasteiger partial charge is 0.397 e. The molecule has 0 radical (unpaired) electrons. The molecule has 3 N–H and O–H groups in total. The fourth-order valence-corrected chi connectivity index (χ4v) is 0.545. The first-order valence-corrected chi connectivity index (χ1v) is 3.58. The summed E-state index contributed by atoms with van der Waals surface area (Å²) in [6.45, 7) is -2.21. The average molecular weight is 257 g/mol. The summed E-state index contributed by atoms with van der Waals surface area (Å²) >= 11 is 0. The Hall–Kier alpha value is -0.630. The van der Waals surface area contributed by atoms with Crippen LogP contribution >= 0.6 is 12.4 Å². The number of hydrogen-bond acceptors (Lipinski definition) is 2. The predicted molar refractivity (Wildman–Crippen MR) is 44.9 cm³/mol. The van der Waals surface area contributed by atoms with Crippen LogP contribution in [0.25, 0.3) is 0 Å². The zero-order valence-corrected chi connectivity index (χ0v) is 8.22. The minimum absolute atomic E-state index is 0. The third-order valence-corrected chi connectivity index (χ3v) is 1.20. The van der Waals surface area contributed by atoms with Gasteiger partial charge in [0.05, 0.1) is 13.1 Å². The molecule has 0 unspecified atom stereocenters. The number of carbonyl (C=O) groups is 1. The highest BCUT2D eigenvalue weighted by atomic mass is 35.5. The molecule has 0 aliphatic heterocycles. The van der Waals surface area contributed by atoms with Crippen molar-refractivity contribution < 1.29 is 26.7 Å². The number of nitrogens with two attached hydrogens (primary N) is 1. The van der Waals surface area contributed by atoms with Gasteiger partial charge in [-0.2, -0.15) is 13.2 Å². The molecule has 0 aliphatic carbocycles. The van der Waals surface area contributed by atoms with E-state index in [4.69, 9.17) is 0 Å². The van der Waals surface area contributed by atoms with E-state index >= 15 is 0 Å². The number of hydrogen-bond donors (Lipinski definition) is 2. The Morgan fingerprint density at radius 2 is 1.67 bits per heavy atom. The predicted octanol–water partition coefficient (Wildman–Crippen LogP) is 1.07. The molecule has 3 nitrogen and oxygen atoms in total.